The van der Waals surface area contributed by atoms with Crippen LogP contribution in [0.3, 0.4) is 0 Å². The highest BCUT2D eigenvalue weighted by Crippen LogP contribution is 2.26. The van der Waals surface area contributed by atoms with Gasteiger partial charge in [-0.2, -0.15) is 0 Å². The molecule has 0 aliphatic carbocycles. The van der Waals surface area contributed by atoms with Gasteiger partial charge in [0.05, 0.1) is 6.54 Å². The van der Waals surface area contributed by atoms with Crippen LogP contribution in [0.25, 0.3) is 0 Å². The zero-order valence-corrected chi connectivity index (χ0v) is 13.2. The van der Waals surface area contributed by atoms with Gasteiger partial charge in [0.25, 0.3) is 0 Å². The molecule has 1 saturated heterocycles. The van der Waals surface area contributed by atoms with Crippen molar-refractivity contribution in [3.63, 3.8) is 0 Å². The van der Waals surface area contributed by atoms with Crippen LogP contribution in [-0.2, 0) is 16.1 Å². The number of rotatable bonds is 4. The van der Waals surface area contributed by atoms with Gasteiger partial charge in [0.1, 0.15) is 16.6 Å². The number of hydrogen-bond donors (Lipinski definition) is 1. The first-order chi connectivity index (χ1) is 9.43. The molecule has 110 valence electrons. The monoisotopic (exact) mass is 295 g/mol. The summed E-state index contributed by atoms with van der Waals surface area (Å²) in [5.74, 6) is -0.0796. The number of aromatic nitrogens is 1. The van der Waals surface area contributed by atoms with Crippen molar-refractivity contribution in [2.75, 3.05) is 0 Å². The van der Waals surface area contributed by atoms with Gasteiger partial charge in [-0.3, -0.25) is 9.59 Å². The Balaban J connectivity index is 2.28. The zero-order valence-electron chi connectivity index (χ0n) is 12.4. The van der Waals surface area contributed by atoms with Crippen molar-refractivity contribution >= 4 is 23.2 Å². The largest absolute Gasteiger partial charge is 0.340 e. The maximum atomic E-state index is 12.8. The van der Waals surface area contributed by atoms with Crippen LogP contribution in [0.2, 0.25) is 0 Å². The number of thiazole rings is 1. The van der Waals surface area contributed by atoms with Crippen molar-refractivity contribution in [1.29, 1.82) is 0 Å². The summed E-state index contributed by atoms with van der Waals surface area (Å²) in [5.41, 5.74) is 0.194. The molecule has 0 radical (unpaired) electrons. The number of carbonyl (C=O) groups excluding carboxylic acids is 2. The summed E-state index contributed by atoms with van der Waals surface area (Å²) in [6, 6.07) is -0.446. The quantitative estimate of drug-likeness (QED) is 0.922. The average Bonchev–Trinajstić information content (AvgIpc) is 2.84. The molecule has 20 heavy (non-hydrogen) atoms. The lowest BCUT2D eigenvalue weighted by molar-refractivity contribution is -0.155. The van der Waals surface area contributed by atoms with Crippen LogP contribution in [0.4, 0.5) is 0 Å². The average molecular weight is 295 g/mol. The fourth-order valence-electron chi connectivity index (χ4n) is 2.55. The molecule has 0 saturated carbocycles. The molecule has 0 bridgehead atoms. The molecule has 2 rings (SSSR count). The van der Waals surface area contributed by atoms with Gasteiger partial charge in [-0.1, -0.05) is 13.8 Å². The van der Waals surface area contributed by atoms with E-state index in [9.17, 15) is 9.59 Å². The number of amides is 2. The molecule has 1 aromatic rings. The number of aryl methyl sites for hydroxylation is 1. The van der Waals surface area contributed by atoms with Crippen molar-refractivity contribution in [2.45, 2.75) is 58.7 Å². The van der Waals surface area contributed by atoms with Gasteiger partial charge in [0.15, 0.2) is 0 Å². The van der Waals surface area contributed by atoms with E-state index in [1.807, 2.05) is 26.2 Å². The molecule has 2 amide bonds. The maximum absolute atomic E-state index is 12.8. The number of hydrogen-bond acceptors (Lipinski definition) is 4. The van der Waals surface area contributed by atoms with Crippen molar-refractivity contribution in [3.8, 4) is 0 Å². The van der Waals surface area contributed by atoms with E-state index in [0.717, 1.165) is 10.7 Å². The van der Waals surface area contributed by atoms with Gasteiger partial charge < -0.3 is 10.2 Å². The molecule has 0 aromatic carbocycles. The van der Waals surface area contributed by atoms with E-state index in [4.69, 9.17) is 0 Å². The standard InChI is InChI=1S/C14H21N3O2S/c1-5-14(6-2)13(19)17(10(4)12(18)16-14)7-11-15-9(3)8-20-11/h8,10H,5-7H2,1-4H3,(H,16,18). The minimum atomic E-state index is -0.754. The highest BCUT2D eigenvalue weighted by Gasteiger charge is 2.47. The minimum Gasteiger partial charge on any atom is -0.340 e. The molecule has 1 atom stereocenters. The third-order valence-electron chi connectivity index (χ3n) is 4.06. The third kappa shape index (κ3) is 2.44. The van der Waals surface area contributed by atoms with E-state index in [0.29, 0.717) is 19.4 Å². The first-order valence-electron chi connectivity index (χ1n) is 6.97. The van der Waals surface area contributed by atoms with Crippen LogP contribution in [0.15, 0.2) is 5.38 Å². The smallest absolute Gasteiger partial charge is 0.249 e. The Bertz CT molecular complexity index is 522. The number of piperazine rings is 1. The highest BCUT2D eigenvalue weighted by molar-refractivity contribution is 7.09. The summed E-state index contributed by atoms with van der Waals surface area (Å²) in [6.45, 7) is 7.97. The van der Waals surface area contributed by atoms with Crippen LogP contribution in [0, 0.1) is 6.92 Å². The molecule has 1 unspecified atom stereocenters. The van der Waals surface area contributed by atoms with E-state index >= 15 is 0 Å². The predicted molar refractivity (Wildman–Crippen MR) is 78.3 cm³/mol. The molecule has 6 heteroatoms. The van der Waals surface area contributed by atoms with Crippen molar-refractivity contribution in [2.24, 2.45) is 0 Å². The van der Waals surface area contributed by atoms with Gasteiger partial charge in [0, 0.05) is 11.1 Å². The van der Waals surface area contributed by atoms with Crippen LogP contribution in [0.5, 0.6) is 0 Å². The zero-order chi connectivity index (χ0) is 14.9. The summed E-state index contributed by atoms with van der Waals surface area (Å²) >= 11 is 1.53. The van der Waals surface area contributed by atoms with E-state index in [1.54, 1.807) is 11.8 Å². The Morgan fingerprint density at radius 2 is 2.05 bits per heavy atom. The second-order valence-electron chi connectivity index (χ2n) is 5.27. The fraction of sp³-hybridized carbons (Fsp3) is 0.643. The van der Waals surface area contributed by atoms with Gasteiger partial charge >= 0.3 is 0 Å². The molecule has 1 aliphatic heterocycles. The topological polar surface area (TPSA) is 62.3 Å². The van der Waals surface area contributed by atoms with Gasteiger partial charge in [-0.15, -0.1) is 11.3 Å². The predicted octanol–water partition coefficient (Wildman–Crippen LogP) is 1.86. The molecular weight excluding hydrogens is 274 g/mol. The molecule has 5 nitrogen and oxygen atoms in total. The summed E-state index contributed by atoms with van der Waals surface area (Å²) in [7, 11) is 0. The molecule has 0 spiro atoms. The van der Waals surface area contributed by atoms with Gasteiger partial charge in [-0.05, 0) is 26.7 Å². The summed E-state index contributed by atoms with van der Waals surface area (Å²) in [4.78, 5) is 31.0. The Morgan fingerprint density at radius 3 is 2.55 bits per heavy atom. The molecular formula is C14H21N3O2S. The minimum absolute atomic E-state index is 0.00227. The molecule has 2 heterocycles. The number of nitrogens with one attached hydrogen (secondary N) is 1. The van der Waals surface area contributed by atoms with E-state index in [-0.39, 0.29) is 11.8 Å². The van der Waals surface area contributed by atoms with Crippen LogP contribution >= 0.6 is 11.3 Å². The maximum Gasteiger partial charge on any atom is 0.249 e. The van der Waals surface area contributed by atoms with E-state index in [2.05, 4.69) is 10.3 Å². The summed E-state index contributed by atoms with van der Waals surface area (Å²) in [6.07, 6.45) is 1.21. The lowest BCUT2D eigenvalue weighted by atomic mass is 9.87. The first-order valence-corrected chi connectivity index (χ1v) is 7.85. The lowest BCUT2D eigenvalue weighted by Gasteiger charge is -2.44. The van der Waals surface area contributed by atoms with Gasteiger partial charge in [0.2, 0.25) is 11.8 Å². The van der Waals surface area contributed by atoms with E-state index < -0.39 is 11.6 Å². The lowest BCUT2D eigenvalue weighted by Crippen LogP contribution is -2.69. The van der Waals surface area contributed by atoms with Crippen molar-refractivity contribution in [3.05, 3.63) is 16.1 Å². The van der Waals surface area contributed by atoms with Crippen LogP contribution in [0.1, 0.15) is 44.3 Å². The Labute approximate surface area is 123 Å². The number of nitrogens with zero attached hydrogens (tertiary/aromatic N) is 2. The van der Waals surface area contributed by atoms with Gasteiger partial charge in [-0.25, -0.2) is 4.98 Å². The Hall–Kier alpha value is -1.43. The molecule has 1 N–H and O–H groups in total. The fourth-order valence-corrected chi connectivity index (χ4v) is 3.31. The van der Waals surface area contributed by atoms with Crippen LogP contribution < -0.4 is 5.32 Å². The summed E-state index contributed by atoms with van der Waals surface area (Å²) < 4.78 is 0. The molecule has 1 fully saturated rings. The second-order valence-corrected chi connectivity index (χ2v) is 6.21. The van der Waals surface area contributed by atoms with E-state index in [1.165, 1.54) is 11.3 Å². The van der Waals surface area contributed by atoms with Crippen LogP contribution in [-0.4, -0.2) is 33.3 Å². The first kappa shape index (κ1) is 15.0. The molecule has 1 aliphatic rings. The van der Waals surface area contributed by atoms with Crippen molar-refractivity contribution in [1.82, 2.24) is 15.2 Å². The normalized spacial score (nSPS) is 22.0. The second kappa shape index (κ2) is 5.52. The SMILES string of the molecule is CCC1(CC)NC(=O)C(C)N(Cc2nc(C)cs2)C1=O. The highest BCUT2D eigenvalue weighted by atomic mass is 32.1. The van der Waals surface area contributed by atoms with Crippen molar-refractivity contribution < 1.29 is 9.59 Å². The Kier molecular flexibility index (Phi) is 4.13. The number of carbonyl (C=O) groups is 2. The third-order valence-corrected chi connectivity index (χ3v) is 5.01. The summed E-state index contributed by atoms with van der Waals surface area (Å²) in [5, 5.41) is 5.74. The Morgan fingerprint density at radius 1 is 1.40 bits per heavy atom. The molecule has 1 aromatic heterocycles.